The average molecular weight is 981 g/mol. The third-order valence-corrected chi connectivity index (χ3v) is 16.1. The summed E-state index contributed by atoms with van der Waals surface area (Å²) in [4.78, 5) is 51.5. The Kier molecular flexibility index (Phi) is 13.7. The molecule has 11 rings (SSSR count). The number of piperidine rings is 1. The van der Waals surface area contributed by atoms with Crippen LogP contribution in [0.25, 0.3) is 22.5 Å². The largest absolute Gasteiger partial charge is 0.390 e. The van der Waals surface area contributed by atoms with E-state index in [1.807, 2.05) is 41.1 Å². The number of aryl methyl sites for hydroxylation is 1. The number of carbonyl (C=O) groups is 3. The molecule has 1 unspecified atom stereocenters. The fourth-order valence-electron chi connectivity index (χ4n) is 12.1. The van der Waals surface area contributed by atoms with E-state index in [0.29, 0.717) is 53.0 Å². The monoisotopic (exact) mass is 981 g/mol. The SMILES string of the molecule is C=CCCC(C(=C)NC)N1C(=O)c2ccc(N3CCC4(CC3)CCN4C(=C)c3cn4ccnc4cc3-c3cc4c(cc3C(F)F)N(c3nn(C5CCOCC5)c5c3CN(C)CC5)CCC4)cc2C1=O.CC=O. The molecule has 72 heavy (non-hydrogen) atoms. The Morgan fingerprint density at radius 2 is 1.71 bits per heavy atom. The fourth-order valence-corrected chi connectivity index (χ4v) is 12.1. The van der Waals surface area contributed by atoms with Crippen LogP contribution in [0.2, 0.25) is 0 Å². The van der Waals surface area contributed by atoms with Gasteiger partial charge in [0.05, 0.1) is 23.2 Å². The van der Waals surface area contributed by atoms with Crippen LogP contribution >= 0.6 is 0 Å². The first-order valence-electron chi connectivity index (χ1n) is 25.6. The van der Waals surface area contributed by atoms with Crippen molar-refractivity contribution in [2.45, 2.75) is 102 Å². The Morgan fingerprint density at radius 3 is 2.42 bits per heavy atom. The molecule has 3 aromatic heterocycles. The number of likely N-dealkylation sites (N-methyl/N-ethyl adjacent to an activating group) is 2. The summed E-state index contributed by atoms with van der Waals surface area (Å²) in [6.45, 7) is 20.3. The van der Waals surface area contributed by atoms with Gasteiger partial charge in [0.1, 0.15) is 11.9 Å². The van der Waals surface area contributed by atoms with Gasteiger partial charge >= 0.3 is 0 Å². The van der Waals surface area contributed by atoms with Crippen molar-refractivity contribution >= 4 is 46.6 Å². The van der Waals surface area contributed by atoms with Gasteiger partial charge in [0, 0.05) is 135 Å². The molecule has 1 spiro atoms. The summed E-state index contributed by atoms with van der Waals surface area (Å²) in [6, 6.07) is 11.1. The number of amides is 2. The third-order valence-electron chi connectivity index (χ3n) is 16.1. The van der Waals surface area contributed by atoms with Gasteiger partial charge in [-0.15, -0.1) is 6.58 Å². The Hall–Kier alpha value is -6.65. The van der Waals surface area contributed by atoms with E-state index >= 15 is 8.78 Å². The quantitative estimate of drug-likeness (QED) is 0.0691. The first-order chi connectivity index (χ1) is 34.9. The lowest BCUT2D eigenvalue weighted by molar-refractivity contribution is -0.106. The number of nitrogens with zero attached hydrogens (tertiary/aromatic N) is 9. The number of hydrogen-bond acceptors (Lipinski definition) is 11. The maximum atomic E-state index is 15.8. The van der Waals surface area contributed by atoms with Crippen LogP contribution in [0.5, 0.6) is 0 Å². The predicted molar refractivity (Wildman–Crippen MR) is 277 cm³/mol. The standard InChI is InChI=1S/C54H62F2N10O3.C2H4O/c1-6-7-10-46(34(2)57-4)65-52(67)39-12-11-38(29-43(39)53(65)68)61-22-16-54(17-23-61)18-24-64(54)35(3)44-33-62-25-19-58-49(62)31-41(44)40-28-36-9-8-20-63(48(36)30-42(40)50(55)56)51-45-32-60(5)21-13-47(45)66(59-51)37-14-26-69-27-15-37;1-2-3/h6,11-12,19,25,28-31,33,37,46,50,57H,1-3,7-10,13-18,20-24,26-27,32H2,4-5H3;2H,1H3. The molecule has 2 aromatic carbocycles. The summed E-state index contributed by atoms with van der Waals surface area (Å²) in [5, 5.41) is 8.39. The van der Waals surface area contributed by atoms with E-state index in [9.17, 15) is 9.59 Å². The second-order valence-electron chi connectivity index (χ2n) is 20.1. The van der Waals surface area contributed by atoms with E-state index in [4.69, 9.17) is 21.2 Å². The van der Waals surface area contributed by atoms with Gasteiger partial charge in [0.25, 0.3) is 18.2 Å². The third kappa shape index (κ3) is 8.59. The number of ether oxygens (including phenoxy) is 1. The van der Waals surface area contributed by atoms with Crippen molar-refractivity contribution in [2.24, 2.45) is 0 Å². The van der Waals surface area contributed by atoms with Gasteiger partial charge in [-0.25, -0.2) is 13.8 Å². The van der Waals surface area contributed by atoms with Crippen molar-refractivity contribution in [3.63, 3.8) is 0 Å². The topological polar surface area (TPSA) is 124 Å². The minimum Gasteiger partial charge on any atom is -0.390 e. The highest BCUT2D eigenvalue weighted by atomic mass is 19.3. The van der Waals surface area contributed by atoms with Crippen molar-refractivity contribution in [3.05, 3.63) is 126 Å². The number of carbonyl (C=O) groups excluding carboxylic acids is 3. The number of rotatable bonds is 13. The number of aldehydes is 1. The predicted octanol–water partition coefficient (Wildman–Crippen LogP) is 9.14. The molecule has 3 saturated heterocycles. The molecule has 0 saturated carbocycles. The summed E-state index contributed by atoms with van der Waals surface area (Å²) in [5.74, 6) is 0.281. The van der Waals surface area contributed by atoms with Crippen LogP contribution in [0.1, 0.15) is 119 Å². The number of alkyl halides is 2. The molecule has 9 heterocycles. The molecule has 14 nitrogen and oxygen atoms in total. The molecular weight excluding hydrogens is 915 g/mol. The van der Waals surface area contributed by atoms with Crippen LogP contribution in [-0.4, -0.2) is 124 Å². The molecule has 16 heteroatoms. The molecule has 5 aromatic rings. The second kappa shape index (κ2) is 20.1. The van der Waals surface area contributed by atoms with E-state index in [1.165, 1.54) is 23.1 Å². The summed E-state index contributed by atoms with van der Waals surface area (Å²) in [5.41, 5.74) is 9.99. The minimum atomic E-state index is -2.73. The number of likely N-dealkylation sites (tertiary alicyclic amines) is 1. The number of anilines is 3. The number of fused-ring (bicyclic) bond motifs is 4. The number of nitrogens with one attached hydrogen (secondary N) is 1. The smallest absolute Gasteiger partial charge is 0.264 e. The molecule has 0 radical (unpaired) electrons. The summed E-state index contributed by atoms with van der Waals surface area (Å²) in [6.07, 6.45) is 13.7. The van der Waals surface area contributed by atoms with E-state index in [2.05, 4.69) is 54.8 Å². The lowest BCUT2D eigenvalue weighted by atomic mass is 9.75. The maximum Gasteiger partial charge on any atom is 0.264 e. The average Bonchev–Trinajstić information content (AvgIpc) is 4.08. The molecule has 3 fully saturated rings. The van der Waals surface area contributed by atoms with E-state index < -0.39 is 12.5 Å². The Morgan fingerprint density at radius 1 is 0.958 bits per heavy atom. The summed E-state index contributed by atoms with van der Waals surface area (Å²) in [7, 11) is 3.89. The highest BCUT2D eigenvalue weighted by Gasteiger charge is 2.48. The number of imidazole rings is 1. The number of aromatic nitrogens is 4. The Labute approximate surface area is 420 Å². The second-order valence-corrected chi connectivity index (χ2v) is 20.1. The number of halogens is 2. The van der Waals surface area contributed by atoms with Gasteiger partial charge in [-0.2, -0.15) is 5.10 Å². The van der Waals surface area contributed by atoms with Gasteiger partial charge in [0.2, 0.25) is 0 Å². The van der Waals surface area contributed by atoms with Gasteiger partial charge in [-0.3, -0.25) is 19.2 Å². The first kappa shape index (κ1) is 49.0. The van der Waals surface area contributed by atoms with Crippen LogP contribution in [0.4, 0.5) is 26.0 Å². The summed E-state index contributed by atoms with van der Waals surface area (Å²) >= 11 is 0. The van der Waals surface area contributed by atoms with Crippen molar-refractivity contribution in [3.8, 4) is 11.1 Å². The molecule has 2 amide bonds. The zero-order chi connectivity index (χ0) is 50.4. The van der Waals surface area contributed by atoms with Gasteiger partial charge in [-0.1, -0.05) is 19.2 Å². The van der Waals surface area contributed by atoms with Crippen LogP contribution < -0.4 is 15.1 Å². The lowest BCUT2D eigenvalue weighted by Crippen LogP contribution is -2.63. The molecule has 1 atom stereocenters. The Balaban J connectivity index is 0.00000194. The maximum absolute atomic E-state index is 15.8. The molecule has 378 valence electrons. The Bertz CT molecular complexity index is 2950. The lowest BCUT2D eigenvalue weighted by Gasteiger charge is -2.58. The van der Waals surface area contributed by atoms with Crippen molar-refractivity contribution in [1.29, 1.82) is 0 Å². The number of allylic oxidation sites excluding steroid dienone is 1. The van der Waals surface area contributed by atoms with Crippen molar-refractivity contribution < 1.29 is 27.9 Å². The normalized spacial score (nSPS) is 19.1. The van der Waals surface area contributed by atoms with E-state index in [0.717, 1.165) is 138 Å². The van der Waals surface area contributed by atoms with Gasteiger partial charge in [0.15, 0.2) is 5.82 Å². The molecule has 0 bridgehead atoms. The van der Waals surface area contributed by atoms with Crippen LogP contribution in [0.3, 0.4) is 0 Å². The van der Waals surface area contributed by atoms with Crippen LogP contribution in [0.15, 0.2) is 86.5 Å². The molecule has 6 aliphatic heterocycles. The number of benzene rings is 2. The van der Waals surface area contributed by atoms with E-state index in [1.54, 1.807) is 31.5 Å². The van der Waals surface area contributed by atoms with Crippen LogP contribution in [-0.2, 0) is 28.9 Å². The van der Waals surface area contributed by atoms with Gasteiger partial charge < -0.3 is 38.8 Å². The zero-order valence-corrected chi connectivity index (χ0v) is 41.8. The summed E-state index contributed by atoms with van der Waals surface area (Å²) < 4.78 is 41.5. The van der Waals surface area contributed by atoms with Crippen molar-refractivity contribution in [2.75, 3.05) is 69.8 Å². The number of hydrogen-bond donors (Lipinski definition) is 1. The van der Waals surface area contributed by atoms with E-state index in [-0.39, 0.29) is 29.0 Å². The van der Waals surface area contributed by atoms with Crippen LogP contribution in [0, 0.1) is 0 Å². The van der Waals surface area contributed by atoms with Crippen molar-refractivity contribution in [1.82, 2.24) is 39.2 Å². The molecule has 1 N–H and O–H groups in total. The molecule has 6 aliphatic rings. The number of imide groups is 1. The fraction of sp³-hybridized carbons (Fsp3) is 0.446. The molecular formula is C56H66F2N10O4. The highest BCUT2D eigenvalue weighted by molar-refractivity contribution is 6.22. The molecule has 0 aliphatic carbocycles. The number of pyridine rings is 1. The first-order valence-corrected chi connectivity index (χ1v) is 25.6. The minimum absolute atomic E-state index is 0.0102. The van der Waals surface area contributed by atoms with Gasteiger partial charge in [-0.05, 0) is 125 Å². The zero-order valence-electron chi connectivity index (χ0n) is 41.8. The highest BCUT2D eigenvalue weighted by Crippen LogP contribution is 2.49.